The first-order valence-corrected chi connectivity index (χ1v) is 9.94. The van der Waals surface area contributed by atoms with E-state index in [0.717, 1.165) is 40.3 Å². The summed E-state index contributed by atoms with van der Waals surface area (Å²) in [6.45, 7) is 6.74. The molecule has 0 aliphatic carbocycles. The van der Waals surface area contributed by atoms with Crippen LogP contribution in [-0.2, 0) is 11.2 Å². The number of nitrogens with zero attached hydrogens (tertiary/aromatic N) is 3. The molecule has 2 heterocycles. The second-order valence-electron chi connectivity index (χ2n) is 7.43. The van der Waals surface area contributed by atoms with Gasteiger partial charge in [0, 0.05) is 0 Å². The number of benzene rings is 2. The van der Waals surface area contributed by atoms with Gasteiger partial charge in [-0.3, -0.25) is 4.99 Å². The Bertz CT molecular complexity index is 1050. The molecule has 0 bridgehead atoms. The van der Waals surface area contributed by atoms with Crippen LogP contribution in [0, 0.1) is 13.8 Å². The second kappa shape index (κ2) is 8.39. The molecule has 0 saturated heterocycles. The van der Waals surface area contributed by atoms with Crippen molar-refractivity contribution < 1.29 is 4.74 Å². The number of pyridine rings is 1. The van der Waals surface area contributed by atoms with E-state index in [4.69, 9.17) is 19.7 Å². The summed E-state index contributed by atoms with van der Waals surface area (Å²) >= 11 is 0. The van der Waals surface area contributed by atoms with Gasteiger partial charge < -0.3 is 4.74 Å². The maximum atomic E-state index is 5.86. The highest BCUT2D eigenvalue weighted by Crippen LogP contribution is 2.24. The van der Waals surface area contributed by atoms with E-state index < -0.39 is 0 Å². The van der Waals surface area contributed by atoms with Gasteiger partial charge in [-0.25, -0.2) is 9.98 Å². The summed E-state index contributed by atoms with van der Waals surface area (Å²) in [6, 6.07) is 22.6. The van der Waals surface area contributed by atoms with E-state index >= 15 is 0 Å². The Balaban J connectivity index is 1.56. The summed E-state index contributed by atoms with van der Waals surface area (Å²) in [5.74, 6) is 0.618. The fourth-order valence-electron chi connectivity index (χ4n) is 3.51. The largest absolute Gasteiger partial charge is 0.474 e. The molecule has 0 N–H and O–H groups in total. The first kappa shape index (κ1) is 19.1. The Morgan fingerprint density at radius 2 is 1.69 bits per heavy atom. The molecular formula is C25H25N3O. The van der Waals surface area contributed by atoms with Gasteiger partial charge in [-0.1, -0.05) is 54.6 Å². The topological polar surface area (TPSA) is 46.8 Å². The lowest BCUT2D eigenvalue weighted by molar-refractivity contribution is 0.316. The first-order chi connectivity index (χ1) is 14.1. The van der Waals surface area contributed by atoms with Crippen molar-refractivity contribution in [1.29, 1.82) is 0 Å². The van der Waals surface area contributed by atoms with Gasteiger partial charge in [0.2, 0.25) is 5.90 Å². The van der Waals surface area contributed by atoms with Gasteiger partial charge in [-0.05, 0) is 56.0 Å². The summed E-state index contributed by atoms with van der Waals surface area (Å²) in [6.07, 6.45) is 0.872. The quantitative estimate of drug-likeness (QED) is 0.567. The minimum atomic E-state index is 0.127. The summed E-state index contributed by atoms with van der Waals surface area (Å²) < 4.78 is 5.86. The summed E-state index contributed by atoms with van der Waals surface area (Å²) in [4.78, 5) is 14.4. The zero-order valence-corrected chi connectivity index (χ0v) is 17.1. The molecule has 4 nitrogen and oxygen atoms in total. The number of aromatic nitrogens is 1. The van der Waals surface area contributed by atoms with E-state index in [1.807, 2.05) is 31.2 Å². The monoisotopic (exact) mass is 383 g/mol. The molecule has 4 rings (SSSR count). The van der Waals surface area contributed by atoms with E-state index in [1.54, 1.807) is 0 Å². The third kappa shape index (κ3) is 4.43. The van der Waals surface area contributed by atoms with Crippen LogP contribution in [-0.4, -0.2) is 29.2 Å². The molecule has 1 aromatic heterocycles. The molecular weight excluding hydrogens is 358 g/mol. The molecule has 0 amide bonds. The Morgan fingerprint density at radius 3 is 2.45 bits per heavy atom. The summed E-state index contributed by atoms with van der Waals surface area (Å²) in [5.41, 5.74) is 7.07. The number of hydrogen-bond acceptors (Lipinski definition) is 4. The van der Waals surface area contributed by atoms with Crippen molar-refractivity contribution in [2.24, 2.45) is 9.98 Å². The summed E-state index contributed by atoms with van der Waals surface area (Å²) in [5, 5.41) is 0. The highest BCUT2D eigenvalue weighted by atomic mass is 16.5. The van der Waals surface area contributed by atoms with Gasteiger partial charge in [-0.2, -0.15) is 0 Å². The molecule has 0 saturated carbocycles. The standard InChI is InChI=1S/C25H25N3O/c1-17-9-7-10-18(2)24(17)26-19(3)22-13-8-14-23(28-22)25-27-21(16-29-25)15-20-11-5-4-6-12-20/h4-14,21H,15-16H2,1-3H3. The van der Waals surface area contributed by atoms with Crippen molar-refractivity contribution >= 4 is 17.3 Å². The zero-order valence-electron chi connectivity index (χ0n) is 17.1. The van der Waals surface area contributed by atoms with Crippen LogP contribution in [0.4, 0.5) is 5.69 Å². The number of aliphatic imine (C=N–C) groups is 2. The van der Waals surface area contributed by atoms with Crippen LogP contribution < -0.4 is 0 Å². The van der Waals surface area contributed by atoms with Gasteiger partial charge in [0.15, 0.2) is 0 Å². The molecule has 1 aliphatic heterocycles. The highest BCUT2D eigenvalue weighted by Gasteiger charge is 2.21. The van der Waals surface area contributed by atoms with E-state index in [-0.39, 0.29) is 6.04 Å². The number of rotatable bonds is 5. The predicted molar refractivity (Wildman–Crippen MR) is 118 cm³/mol. The molecule has 1 atom stereocenters. The Labute approximate surface area is 172 Å². The fourth-order valence-corrected chi connectivity index (χ4v) is 3.51. The van der Waals surface area contributed by atoms with Gasteiger partial charge in [-0.15, -0.1) is 0 Å². The van der Waals surface area contributed by atoms with E-state index in [2.05, 4.69) is 56.3 Å². The lowest BCUT2D eigenvalue weighted by atomic mass is 10.1. The van der Waals surface area contributed by atoms with Crippen LogP contribution in [0.3, 0.4) is 0 Å². The third-order valence-electron chi connectivity index (χ3n) is 5.08. The van der Waals surface area contributed by atoms with Crippen molar-refractivity contribution in [3.05, 3.63) is 94.8 Å². The Kier molecular flexibility index (Phi) is 5.52. The van der Waals surface area contributed by atoms with Crippen LogP contribution in [0.15, 0.2) is 76.7 Å². The normalized spacial score (nSPS) is 16.4. The van der Waals surface area contributed by atoms with Crippen molar-refractivity contribution in [1.82, 2.24) is 4.98 Å². The van der Waals surface area contributed by atoms with E-state index in [0.29, 0.717) is 12.5 Å². The molecule has 0 fully saturated rings. The third-order valence-corrected chi connectivity index (χ3v) is 5.08. The van der Waals surface area contributed by atoms with Crippen LogP contribution >= 0.6 is 0 Å². The van der Waals surface area contributed by atoms with Crippen molar-refractivity contribution in [2.45, 2.75) is 33.2 Å². The van der Waals surface area contributed by atoms with Crippen molar-refractivity contribution in [3.63, 3.8) is 0 Å². The summed E-state index contributed by atoms with van der Waals surface area (Å²) in [7, 11) is 0. The SMILES string of the molecule is CC(=Nc1c(C)cccc1C)c1cccc(C2=NC(Cc3ccccc3)CO2)n1. The van der Waals surface area contributed by atoms with E-state index in [1.165, 1.54) is 5.56 Å². The first-order valence-electron chi connectivity index (χ1n) is 9.94. The van der Waals surface area contributed by atoms with Crippen LogP contribution in [0.1, 0.15) is 35.0 Å². The molecule has 29 heavy (non-hydrogen) atoms. The Morgan fingerprint density at radius 1 is 0.966 bits per heavy atom. The number of hydrogen-bond donors (Lipinski definition) is 0. The second-order valence-corrected chi connectivity index (χ2v) is 7.43. The number of ether oxygens (including phenoxy) is 1. The van der Waals surface area contributed by atoms with Gasteiger partial charge in [0.1, 0.15) is 12.3 Å². The average Bonchev–Trinajstić information content (AvgIpc) is 3.20. The number of aryl methyl sites for hydroxylation is 2. The van der Waals surface area contributed by atoms with Crippen LogP contribution in [0.2, 0.25) is 0 Å². The maximum Gasteiger partial charge on any atom is 0.235 e. The smallest absolute Gasteiger partial charge is 0.235 e. The van der Waals surface area contributed by atoms with Crippen LogP contribution in [0.5, 0.6) is 0 Å². The average molecular weight is 383 g/mol. The molecule has 0 spiro atoms. The predicted octanol–water partition coefficient (Wildman–Crippen LogP) is 5.23. The lowest BCUT2D eigenvalue weighted by Gasteiger charge is -2.07. The molecule has 2 aromatic carbocycles. The highest BCUT2D eigenvalue weighted by molar-refractivity contribution is 6.00. The van der Waals surface area contributed by atoms with Crippen molar-refractivity contribution in [2.75, 3.05) is 6.61 Å². The maximum absolute atomic E-state index is 5.86. The molecule has 0 radical (unpaired) electrons. The Hall–Kier alpha value is -3.27. The lowest BCUT2D eigenvalue weighted by Crippen LogP contribution is -2.10. The van der Waals surface area contributed by atoms with E-state index in [9.17, 15) is 0 Å². The molecule has 4 heteroatoms. The zero-order chi connectivity index (χ0) is 20.2. The molecule has 146 valence electrons. The number of para-hydroxylation sites is 1. The fraction of sp³-hybridized carbons (Fsp3) is 0.240. The van der Waals surface area contributed by atoms with Crippen LogP contribution in [0.25, 0.3) is 0 Å². The molecule has 1 aliphatic rings. The van der Waals surface area contributed by atoms with Gasteiger partial charge in [0.25, 0.3) is 0 Å². The minimum Gasteiger partial charge on any atom is -0.474 e. The van der Waals surface area contributed by atoms with Gasteiger partial charge >= 0.3 is 0 Å². The minimum absolute atomic E-state index is 0.127. The molecule has 3 aromatic rings. The van der Waals surface area contributed by atoms with Gasteiger partial charge in [0.05, 0.1) is 23.1 Å². The van der Waals surface area contributed by atoms with Crippen molar-refractivity contribution in [3.8, 4) is 0 Å². The molecule has 1 unspecified atom stereocenters.